The first kappa shape index (κ1) is 5.12. The zero-order chi connectivity index (χ0) is 5.28. The summed E-state index contributed by atoms with van der Waals surface area (Å²) in [6, 6.07) is 0. The van der Waals surface area contributed by atoms with E-state index in [4.69, 9.17) is 0 Å². The van der Waals surface area contributed by atoms with E-state index in [0.717, 1.165) is 4.61 Å². The van der Waals surface area contributed by atoms with Crippen LogP contribution in [-0.2, 0) is 0 Å². The van der Waals surface area contributed by atoms with E-state index < -0.39 is 0 Å². The molecule has 1 rings (SSSR count). The minimum atomic E-state index is 1.01. The van der Waals surface area contributed by atoms with Gasteiger partial charge in [-0.3, -0.25) is 0 Å². The maximum absolute atomic E-state index is 3.27. The smallest absolute Gasteiger partial charge is 0.110 e. The molecule has 0 fully saturated rings. The standard InChI is InChI=1S/C4H5BrN2/c1-7-4(5)2-3-6-7/h2,6H,1H3. The number of hydrogen-bond donors (Lipinski definition) is 1. The molecule has 0 aromatic carbocycles. The van der Waals surface area contributed by atoms with Crippen LogP contribution in [0.5, 0.6) is 0 Å². The Hall–Kier alpha value is -0.0200. The van der Waals surface area contributed by atoms with Crippen LogP contribution in [-0.4, -0.2) is 12.1 Å². The van der Waals surface area contributed by atoms with Crippen molar-refractivity contribution in [3.8, 4) is 0 Å². The van der Waals surface area contributed by atoms with Gasteiger partial charge in [-0.05, 0) is 22.0 Å². The largest absolute Gasteiger partial charge is 0.304 e. The number of halogens is 1. The summed E-state index contributed by atoms with van der Waals surface area (Å²) >= 11 is 3.27. The van der Waals surface area contributed by atoms with Crippen LogP contribution in [0.25, 0.3) is 0 Å². The second-order valence-electron chi connectivity index (χ2n) is 1.28. The molecule has 2 nitrogen and oxygen atoms in total. The van der Waals surface area contributed by atoms with Gasteiger partial charge in [0.15, 0.2) is 0 Å². The van der Waals surface area contributed by atoms with Crippen LogP contribution < -0.4 is 5.43 Å². The van der Waals surface area contributed by atoms with Gasteiger partial charge in [-0.1, -0.05) is 0 Å². The Balaban J connectivity index is 2.54. The Bertz CT molecular complexity index is 99.9. The van der Waals surface area contributed by atoms with E-state index >= 15 is 0 Å². The highest BCUT2D eigenvalue weighted by molar-refractivity contribution is 9.11. The summed E-state index contributed by atoms with van der Waals surface area (Å²) in [5.41, 5.74) is 2.81. The van der Waals surface area contributed by atoms with E-state index in [9.17, 15) is 0 Å². The number of nitrogens with zero attached hydrogens (tertiary/aromatic N) is 1. The molecule has 1 aliphatic heterocycles. The molecule has 0 unspecified atom stereocenters. The summed E-state index contributed by atoms with van der Waals surface area (Å²) < 4.78 is 1.01. The zero-order valence-electron chi connectivity index (χ0n) is 3.90. The molecule has 0 atom stereocenters. The van der Waals surface area contributed by atoms with Gasteiger partial charge in [-0.2, -0.15) is 0 Å². The summed E-state index contributed by atoms with van der Waals surface area (Å²) in [5, 5.41) is 1.82. The van der Waals surface area contributed by atoms with E-state index in [1.165, 1.54) is 0 Å². The number of nitrogens with one attached hydrogen (secondary N) is 1. The monoisotopic (exact) mass is 160 g/mol. The Labute approximate surface area is 51.3 Å². The van der Waals surface area contributed by atoms with Gasteiger partial charge >= 0.3 is 0 Å². The van der Waals surface area contributed by atoms with Crippen molar-refractivity contribution < 1.29 is 0 Å². The van der Waals surface area contributed by atoms with E-state index in [1.807, 2.05) is 18.1 Å². The summed E-state index contributed by atoms with van der Waals surface area (Å²) in [6.45, 7) is 2.79. The average molecular weight is 161 g/mol. The maximum atomic E-state index is 3.27. The van der Waals surface area contributed by atoms with Crippen LogP contribution in [0, 0.1) is 6.54 Å². The second kappa shape index (κ2) is 1.84. The maximum Gasteiger partial charge on any atom is 0.110 e. The van der Waals surface area contributed by atoms with Gasteiger partial charge in [0.25, 0.3) is 0 Å². The molecule has 2 radical (unpaired) electrons. The third kappa shape index (κ3) is 0.951. The van der Waals surface area contributed by atoms with E-state index in [0.29, 0.717) is 0 Å². The van der Waals surface area contributed by atoms with E-state index in [1.54, 1.807) is 0 Å². The van der Waals surface area contributed by atoms with E-state index in [-0.39, 0.29) is 0 Å². The molecule has 0 saturated carbocycles. The fourth-order valence-corrected chi connectivity index (χ4v) is 0.542. The van der Waals surface area contributed by atoms with Crippen LogP contribution in [0.2, 0.25) is 0 Å². The zero-order valence-corrected chi connectivity index (χ0v) is 5.49. The highest BCUT2D eigenvalue weighted by Gasteiger charge is 2.04. The molecule has 0 aromatic heterocycles. The topological polar surface area (TPSA) is 15.3 Å². The van der Waals surface area contributed by atoms with Crippen molar-refractivity contribution >= 4 is 15.9 Å². The summed E-state index contributed by atoms with van der Waals surface area (Å²) in [7, 11) is 1.90. The lowest BCUT2D eigenvalue weighted by molar-refractivity contribution is 0.388. The summed E-state index contributed by atoms with van der Waals surface area (Å²) in [5.74, 6) is 0. The minimum Gasteiger partial charge on any atom is -0.304 e. The minimum absolute atomic E-state index is 1.01. The lowest BCUT2D eigenvalue weighted by Gasteiger charge is -2.08. The van der Waals surface area contributed by atoms with Crippen LogP contribution >= 0.6 is 15.9 Å². The second-order valence-corrected chi connectivity index (χ2v) is 2.09. The third-order valence-corrected chi connectivity index (χ3v) is 1.50. The van der Waals surface area contributed by atoms with Crippen molar-refractivity contribution in [1.82, 2.24) is 10.4 Å². The molecule has 0 aliphatic carbocycles. The summed E-state index contributed by atoms with van der Waals surface area (Å²) in [4.78, 5) is 0. The molecular weight excluding hydrogens is 156 g/mol. The van der Waals surface area contributed by atoms with Crippen LogP contribution in [0.4, 0.5) is 0 Å². The molecule has 1 N–H and O–H groups in total. The Morgan fingerprint density at radius 2 is 2.71 bits per heavy atom. The first-order valence-electron chi connectivity index (χ1n) is 1.91. The number of hydrogen-bond acceptors (Lipinski definition) is 2. The third-order valence-electron chi connectivity index (χ3n) is 0.744. The van der Waals surface area contributed by atoms with Gasteiger partial charge in [-0.15, -0.1) is 0 Å². The van der Waals surface area contributed by atoms with Gasteiger partial charge in [0.05, 0.1) is 4.61 Å². The molecule has 3 heteroatoms. The van der Waals surface area contributed by atoms with Gasteiger partial charge in [0.1, 0.15) is 6.54 Å². The molecule has 1 heterocycles. The van der Waals surface area contributed by atoms with Crippen LogP contribution in [0.15, 0.2) is 10.7 Å². The first-order chi connectivity index (χ1) is 3.30. The number of hydrazine groups is 1. The summed E-state index contributed by atoms with van der Waals surface area (Å²) in [6.07, 6.45) is 1.82. The SMILES string of the molecule is CN1N[C]C=C1Br. The van der Waals surface area contributed by atoms with Crippen molar-refractivity contribution in [1.29, 1.82) is 0 Å². The van der Waals surface area contributed by atoms with Crippen molar-refractivity contribution in [2.45, 2.75) is 0 Å². The van der Waals surface area contributed by atoms with Crippen molar-refractivity contribution in [2.24, 2.45) is 0 Å². The van der Waals surface area contributed by atoms with Gasteiger partial charge in [0.2, 0.25) is 0 Å². The average Bonchev–Trinajstić information content (AvgIpc) is 1.91. The highest BCUT2D eigenvalue weighted by atomic mass is 79.9. The van der Waals surface area contributed by atoms with Crippen molar-refractivity contribution in [3.05, 3.63) is 17.2 Å². The molecule has 0 saturated heterocycles. The fourth-order valence-electron chi connectivity index (χ4n) is 0.339. The van der Waals surface area contributed by atoms with Gasteiger partial charge in [0, 0.05) is 7.05 Å². The molecule has 0 aromatic rings. The molecule has 7 heavy (non-hydrogen) atoms. The van der Waals surface area contributed by atoms with Crippen LogP contribution in [0.1, 0.15) is 0 Å². The predicted molar refractivity (Wildman–Crippen MR) is 31.2 cm³/mol. The fraction of sp³-hybridized carbons (Fsp3) is 0.250. The molecular formula is C4H5BrN2. The van der Waals surface area contributed by atoms with E-state index in [2.05, 4.69) is 27.9 Å². The van der Waals surface area contributed by atoms with Gasteiger partial charge in [-0.25, -0.2) is 5.43 Å². The Morgan fingerprint density at radius 1 is 2.00 bits per heavy atom. The van der Waals surface area contributed by atoms with Crippen molar-refractivity contribution in [2.75, 3.05) is 7.05 Å². The van der Waals surface area contributed by atoms with Crippen molar-refractivity contribution in [3.63, 3.8) is 0 Å². The molecule has 38 valence electrons. The normalized spacial score (nSPS) is 20.3. The Kier molecular flexibility index (Phi) is 1.35. The molecule has 0 amide bonds. The quantitative estimate of drug-likeness (QED) is 0.526. The molecule has 0 spiro atoms. The molecule has 1 aliphatic rings. The number of rotatable bonds is 0. The van der Waals surface area contributed by atoms with Gasteiger partial charge < -0.3 is 5.01 Å². The Morgan fingerprint density at radius 3 is 2.86 bits per heavy atom. The van der Waals surface area contributed by atoms with Crippen LogP contribution in [0.3, 0.4) is 0 Å². The first-order valence-corrected chi connectivity index (χ1v) is 2.70. The highest BCUT2D eigenvalue weighted by Crippen LogP contribution is 2.12. The molecule has 0 bridgehead atoms. The predicted octanol–water partition coefficient (Wildman–Crippen LogP) is 0.711. The lowest BCUT2D eigenvalue weighted by atomic mass is 10.7. The lowest BCUT2D eigenvalue weighted by Crippen LogP contribution is -2.22.